The van der Waals surface area contributed by atoms with Crippen molar-refractivity contribution in [1.29, 1.82) is 0 Å². The van der Waals surface area contributed by atoms with Gasteiger partial charge in [-0.3, -0.25) is 19.7 Å². The molecule has 0 aromatic carbocycles. The summed E-state index contributed by atoms with van der Waals surface area (Å²) in [7, 11) is 0. The van der Waals surface area contributed by atoms with Gasteiger partial charge in [-0.1, -0.05) is 6.07 Å². The lowest BCUT2D eigenvalue weighted by molar-refractivity contribution is 0.0947. The fourth-order valence-corrected chi connectivity index (χ4v) is 3.20. The van der Waals surface area contributed by atoms with E-state index in [4.69, 9.17) is 5.73 Å². The second kappa shape index (κ2) is 6.44. The fourth-order valence-electron chi connectivity index (χ4n) is 2.51. The van der Waals surface area contributed by atoms with Gasteiger partial charge in [-0.05, 0) is 17.5 Å². The Morgan fingerprint density at radius 1 is 1.42 bits per heavy atom. The summed E-state index contributed by atoms with van der Waals surface area (Å²) in [6.07, 6.45) is 1.49. The van der Waals surface area contributed by atoms with Crippen molar-refractivity contribution in [2.75, 3.05) is 12.3 Å². The summed E-state index contributed by atoms with van der Waals surface area (Å²) in [6, 6.07) is 5.59. The van der Waals surface area contributed by atoms with Crippen molar-refractivity contribution >= 4 is 34.4 Å². The number of anilines is 1. The van der Waals surface area contributed by atoms with Crippen molar-refractivity contribution in [2.45, 2.75) is 6.54 Å². The Balaban J connectivity index is 1.42. The molecule has 0 spiro atoms. The number of nitrogen functional groups attached to an aromatic ring is 1. The highest BCUT2D eigenvalue weighted by Gasteiger charge is 2.13. The number of hydrogen-bond acceptors (Lipinski definition) is 7. The van der Waals surface area contributed by atoms with Gasteiger partial charge in [-0.2, -0.15) is 10.1 Å². The first-order valence-electron chi connectivity index (χ1n) is 7.70. The standard InChI is InChI=1S/C15H14N8O2S/c16-15-19-12-11(14(25)20-15)18-7-23(12)4-3-17-13(24)9-6-8(21-22-9)10-2-1-5-26-10/h1-2,5-7H,3-4H2,(H,17,24)(H,21,22)(H3,16,19,20,25). The largest absolute Gasteiger partial charge is 0.369 e. The van der Waals surface area contributed by atoms with Crippen LogP contribution < -0.4 is 16.6 Å². The number of thiophene rings is 1. The van der Waals surface area contributed by atoms with E-state index < -0.39 is 5.56 Å². The number of amides is 1. The van der Waals surface area contributed by atoms with Gasteiger partial charge >= 0.3 is 0 Å². The minimum Gasteiger partial charge on any atom is -0.369 e. The molecule has 0 bridgehead atoms. The van der Waals surface area contributed by atoms with Crippen LogP contribution >= 0.6 is 11.3 Å². The number of aromatic amines is 2. The van der Waals surface area contributed by atoms with Crippen LogP contribution in [0.25, 0.3) is 21.7 Å². The van der Waals surface area contributed by atoms with Crippen LogP contribution in [0.5, 0.6) is 0 Å². The molecule has 0 unspecified atom stereocenters. The third-order valence-electron chi connectivity index (χ3n) is 3.73. The molecule has 1 amide bonds. The van der Waals surface area contributed by atoms with Gasteiger partial charge < -0.3 is 15.6 Å². The Morgan fingerprint density at radius 3 is 3.12 bits per heavy atom. The summed E-state index contributed by atoms with van der Waals surface area (Å²) in [4.78, 5) is 35.5. The summed E-state index contributed by atoms with van der Waals surface area (Å²) in [5, 5.41) is 11.6. The van der Waals surface area contributed by atoms with Gasteiger partial charge in [0.25, 0.3) is 11.5 Å². The number of carbonyl (C=O) groups excluding carboxylic acids is 1. The molecule has 0 atom stereocenters. The van der Waals surface area contributed by atoms with Crippen LogP contribution in [0.1, 0.15) is 10.5 Å². The van der Waals surface area contributed by atoms with Crippen molar-refractivity contribution in [3.05, 3.63) is 46.0 Å². The average Bonchev–Trinajstić information content (AvgIpc) is 3.35. The Hall–Kier alpha value is -3.47. The summed E-state index contributed by atoms with van der Waals surface area (Å²) < 4.78 is 1.66. The molecule has 4 aromatic rings. The molecule has 10 nitrogen and oxygen atoms in total. The zero-order valence-corrected chi connectivity index (χ0v) is 14.2. The highest BCUT2D eigenvalue weighted by molar-refractivity contribution is 7.13. The number of fused-ring (bicyclic) bond motifs is 1. The van der Waals surface area contributed by atoms with E-state index in [1.54, 1.807) is 22.0 Å². The average molecular weight is 370 g/mol. The molecule has 0 saturated carbocycles. The lowest BCUT2D eigenvalue weighted by atomic mass is 10.3. The predicted octanol–water partition coefficient (Wildman–Crippen LogP) is 0.583. The molecule has 0 radical (unpaired) electrons. The molecule has 0 aliphatic rings. The van der Waals surface area contributed by atoms with Gasteiger partial charge in [-0.15, -0.1) is 11.3 Å². The molecule has 5 N–H and O–H groups in total. The van der Waals surface area contributed by atoms with Gasteiger partial charge in [0.15, 0.2) is 16.9 Å². The number of imidazole rings is 1. The molecule has 11 heteroatoms. The van der Waals surface area contributed by atoms with Gasteiger partial charge in [0, 0.05) is 13.1 Å². The summed E-state index contributed by atoms with van der Waals surface area (Å²) in [5.41, 5.74) is 6.85. The Labute approximate surface area is 150 Å². The zero-order valence-electron chi connectivity index (χ0n) is 13.4. The first-order chi connectivity index (χ1) is 12.6. The van der Waals surface area contributed by atoms with Crippen LogP contribution in [0.4, 0.5) is 5.95 Å². The van der Waals surface area contributed by atoms with Gasteiger partial charge in [0.05, 0.1) is 16.9 Å². The first kappa shape index (κ1) is 16.0. The van der Waals surface area contributed by atoms with Crippen LogP contribution in [-0.2, 0) is 6.54 Å². The van der Waals surface area contributed by atoms with E-state index >= 15 is 0 Å². The Morgan fingerprint density at radius 2 is 2.31 bits per heavy atom. The van der Waals surface area contributed by atoms with Crippen LogP contribution in [0.2, 0.25) is 0 Å². The van der Waals surface area contributed by atoms with Gasteiger partial charge in [0.1, 0.15) is 0 Å². The topological polar surface area (TPSA) is 147 Å². The van der Waals surface area contributed by atoms with Crippen molar-refractivity contribution in [1.82, 2.24) is 35.0 Å². The van der Waals surface area contributed by atoms with E-state index in [-0.39, 0.29) is 17.4 Å². The highest BCUT2D eigenvalue weighted by Crippen LogP contribution is 2.22. The van der Waals surface area contributed by atoms with Gasteiger partial charge in [-0.25, -0.2) is 4.98 Å². The number of nitrogens with two attached hydrogens (primary N) is 1. The second-order valence-corrected chi connectivity index (χ2v) is 6.41. The minimum atomic E-state index is -0.395. The molecular weight excluding hydrogens is 356 g/mol. The first-order valence-corrected chi connectivity index (χ1v) is 8.58. The minimum absolute atomic E-state index is 0.0194. The lowest BCUT2D eigenvalue weighted by Crippen LogP contribution is -2.27. The molecule has 4 heterocycles. The Bertz CT molecular complexity index is 1120. The van der Waals surface area contributed by atoms with Crippen molar-refractivity contribution in [3.63, 3.8) is 0 Å². The van der Waals surface area contributed by atoms with E-state index in [1.165, 1.54) is 6.33 Å². The highest BCUT2D eigenvalue weighted by atomic mass is 32.1. The number of carbonyl (C=O) groups is 1. The fraction of sp³-hybridized carbons (Fsp3) is 0.133. The molecule has 4 rings (SSSR count). The SMILES string of the molecule is Nc1nc2c(ncn2CCNC(=O)c2cc(-c3cccs3)[nH]n2)c(=O)[nH]1. The smallest absolute Gasteiger partial charge is 0.280 e. The van der Waals surface area contributed by atoms with E-state index in [0.717, 1.165) is 10.6 Å². The van der Waals surface area contributed by atoms with Crippen molar-refractivity contribution < 1.29 is 4.79 Å². The zero-order chi connectivity index (χ0) is 18.1. The number of hydrogen-bond donors (Lipinski definition) is 4. The molecule has 0 saturated heterocycles. The van der Waals surface area contributed by atoms with Crippen LogP contribution in [0.3, 0.4) is 0 Å². The van der Waals surface area contributed by atoms with Gasteiger partial charge in [0.2, 0.25) is 5.95 Å². The molecule has 26 heavy (non-hydrogen) atoms. The van der Waals surface area contributed by atoms with Crippen LogP contribution in [-0.4, -0.2) is 42.2 Å². The molecule has 132 valence electrons. The molecule has 0 aliphatic heterocycles. The maximum absolute atomic E-state index is 12.2. The summed E-state index contributed by atoms with van der Waals surface area (Å²) in [6.45, 7) is 0.709. The normalized spacial score (nSPS) is 11.1. The van der Waals surface area contributed by atoms with Crippen LogP contribution in [0.15, 0.2) is 34.7 Å². The Kier molecular flexibility index (Phi) is 3.97. The quantitative estimate of drug-likeness (QED) is 0.404. The van der Waals surface area contributed by atoms with E-state index in [1.807, 2.05) is 17.5 Å². The molecule has 0 aliphatic carbocycles. The molecule has 0 fully saturated rings. The van der Waals surface area contributed by atoms with E-state index in [9.17, 15) is 9.59 Å². The number of nitrogens with one attached hydrogen (secondary N) is 3. The lowest BCUT2D eigenvalue weighted by Gasteiger charge is -2.05. The molecular formula is C15H14N8O2S. The second-order valence-electron chi connectivity index (χ2n) is 5.46. The molecule has 4 aromatic heterocycles. The maximum atomic E-state index is 12.2. The van der Waals surface area contributed by atoms with Crippen molar-refractivity contribution in [3.8, 4) is 10.6 Å². The summed E-state index contributed by atoms with van der Waals surface area (Å²) >= 11 is 1.56. The number of H-pyrrole nitrogens is 2. The number of nitrogens with zero attached hydrogens (tertiary/aromatic N) is 4. The maximum Gasteiger partial charge on any atom is 0.280 e. The van der Waals surface area contributed by atoms with Crippen molar-refractivity contribution in [2.24, 2.45) is 0 Å². The number of rotatable bonds is 5. The third-order valence-corrected chi connectivity index (χ3v) is 4.63. The summed E-state index contributed by atoms with van der Waals surface area (Å²) in [5.74, 6) is -0.273. The van der Waals surface area contributed by atoms with E-state index in [0.29, 0.717) is 24.4 Å². The predicted molar refractivity (Wildman–Crippen MR) is 96.8 cm³/mol. The third kappa shape index (κ3) is 2.95. The van der Waals surface area contributed by atoms with E-state index in [2.05, 4.69) is 30.5 Å². The number of aromatic nitrogens is 6. The monoisotopic (exact) mass is 370 g/mol. The van der Waals surface area contributed by atoms with Crippen LogP contribution in [0, 0.1) is 0 Å².